The lowest BCUT2D eigenvalue weighted by molar-refractivity contribution is 0.669. The zero-order chi connectivity index (χ0) is 39.0. The first-order valence-electron chi connectivity index (χ1n) is 20.5. The highest BCUT2D eigenvalue weighted by molar-refractivity contribution is 6.25. The summed E-state index contributed by atoms with van der Waals surface area (Å²) in [5, 5.41) is 7.42. The van der Waals surface area contributed by atoms with Crippen molar-refractivity contribution in [2.45, 2.75) is 13.3 Å². The number of fused-ring (bicyclic) bond motifs is 9. The first-order valence-corrected chi connectivity index (χ1v) is 20.5. The first-order chi connectivity index (χ1) is 29.2. The van der Waals surface area contributed by atoms with Crippen LogP contribution in [0.4, 0.5) is 17.1 Å². The van der Waals surface area contributed by atoms with Crippen LogP contribution >= 0.6 is 0 Å². The van der Waals surface area contributed by atoms with Gasteiger partial charge in [-0.2, -0.15) is 0 Å². The van der Waals surface area contributed by atoms with Gasteiger partial charge in [-0.25, -0.2) is 0 Å². The lowest BCUT2D eigenvalue weighted by atomic mass is 9.94. The molecule has 0 aliphatic carbocycles. The van der Waals surface area contributed by atoms with Crippen molar-refractivity contribution in [2.24, 2.45) is 0 Å². The third-order valence-corrected chi connectivity index (χ3v) is 12.3. The van der Waals surface area contributed by atoms with Gasteiger partial charge in [0.05, 0.1) is 27.6 Å². The van der Waals surface area contributed by atoms with Crippen LogP contribution in [0.2, 0.25) is 0 Å². The molecule has 3 heteroatoms. The molecular formula is C56H38N2O. The zero-order valence-electron chi connectivity index (χ0n) is 32.6. The molecule has 0 bridgehead atoms. The number of hydrogen-bond donors (Lipinski definition) is 0. The predicted molar refractivity (Wildman–Crippen MR) is 249 cm³/mol. The van der Waals surface area contributed by atoms with E-state index in [0.717, 1.165) is 45.4 Å². The molecule has 0 aliphatic heterocycles. The minimum atomic E-state index is 0.879. The second-order valence-corrected chi connectivity index (χ2v) is 15.5. The summed E-state index contributed by atoms with van der Waals surface area (Å²) in [5.41, 5.74) is 17.5. The van der Waals surface area contributed by atoms with Crippen molar-refractivity contribution in [3.05, 3.63) is 206 Å². The fraction of sp³-hybridized carbons (Fsp3) is 0.0357. The van der Waals surface area contributed by atoms with Gasteiger partial charge < -0.3 is 13.7 Å². The first kappa shape index (κ1) is 33.5. The van der Waals surface area contributed by atoms with Gasteiger partial charge in [-0.05, 0) is 88.3 Å². The second-order valence-electron chi connectivity index (χ2n) is 15.5. The minimum absolute atomic E-state index is 0.879. The minimum Gasteiger partial charge on any atom is -0.456 e. The highest BCUT2D eigenvalue weighted by atomic mass is 16.3. The molecule has 278 valence electrons. The van der Waals surface area contributed by atoms with Crippen LogP contribution in [0.25, 0.3) is 93.4 Å². The molecule has 0 atom stereocenters. The molecule has 0 unspecified atom stereocenters. The molecule has 3 aromatic heterocycles. The van der Waals surface area contributed by atoms with E-state index in [0.29, 0.717) is 0 Å². The summed E-state index contributed by atoms with van der Waals surface area (Å²) >= 11 is 0. The number of para-hydroxylation sites is 4. The van der Waals surface area contributed by atoms with Crippen molar-refractivity contribution in [3.63, 3.8) is 0 Å². The molecule has 0 aliphatic rings. The molecule has 0 saturated heterocycles. The maximum absolute atomic E-state index is 6.40. The highest BCUT2D eigenvalue weighted by Crippen LogP contribution is 2.45. The zero-order valence-corrected chi connectivity index (χ0v) is 32.6. The molecule has 9 aromatic carbocycles. The van der Waals surface area contributed by atoms with E-state index < -0.39 is 0 Å². The van der Waals surface area contributed by atoms with Crippen LogP contribution < -0.4 is 4.90 Å². The summed E-state index contributed by atoms with van der Waals surface area (Å²) in [4.78, 5) is 2.39. The van der Waals surface area contributed by atoms with E-state index in [1.54, 1.807) is 0 Å². The molecule has 0 radical (unpaired) electrons. The van der Waals surface area contributed by atoms with E-state index in [4.69, 9.17) is 4.42 Å². The molecular weight excluding hydrogens is 717 g/mol. The summed E-state index contributed by atoms with van der Waals surface area (Å²) in [6, 6.07) is 72.7. The molecule has 0 amide bonds. The summed E-state index contributed by atoms with van der Waals surface area (Å²) in [6.07, 6.45) is 0.895. The van der Waals surface area contributed by atoms with Crippen LogP contribution in [0.5, 0.6) is 0 Å². The van der Waals surface area contributed by atoms with Crippen molar-refractivity contribution in [2.75, 3.05) is 4.90 Å². The van der Waals surface area contributed by atoms with Crippen LogP contribution in [0, 0.1) is 0 Å². The number of benzene rings is 9. The lowest BCUT2D eigenvalue weighted by Crippen LogP contribution is -2.11. The van der Waals surface area contributed by atoms with Crippen LogP contribution in [-0.4, -0.2) is 4.40 Å². The van der Waals surface area contributed by atoms with E-state index in [1.165, 1.54) is 77.0 Å². The Morgan fingerprint density at radius 1 is 0.424 bits per heavy atom. The Hall–Kier alpha value is -7.62. The normalized spacial score (nSPS) is 11.9. The number of hydrogen-bond acceptors (Lipinski definition) is 2. The van der Waals surface area contributed by atoms with Crippen LogP contribution in [0.1, 0.15) is 12.5 Å². The molecule has 0 saturated carbocycles. The Labute approximate surface area is 342 Å². The van der Waals surface area contributed by atoms with E-state index in [9.17, 15) is 0 Å². The Bertz CT molecular complexity index is 3520. The number of furan rings is 1. The summed E-state index contributed by atoms with van der Waals surface area (Å²) < 4.78 is 8.88. The van der Waals surface area contributed by atoms with E-state index in [2.05, 4.69) is 210 Å². The van der Waals surface area contributed by atoms with Crippen molar-refractivity contribution < 1.29 is 4.42 Å². The number of nitrogens with zero attached hydrogens (tertiary/aromatic N) is 2. The van der Waals surface area contributed by atoms with Crippen molar-refractivity contribution in [1.29, 1.82) is 0 Å². The van der Waals surface area contributed by atoms with Gasteiger partial charge in [0.25, 0.3) is 0 Å². The molecule has 3 heterocycles. The van der Waals surface area contributed by atoms with Gasteiger partial charge in [0.1, 0.15) is 11.2 Å². The van der Waals surface area contributed by atoms with E-state index >= 15 is 0 Å². The molecule has 0 fully saturated rings. The molecule has 0 spiro atoms. The number of aryl methyl sites for hydroxylation is 1. The quantitative estimate of drug-likeness (QED) is 0.162. The smallest absolute Gasteiger partial charge is 0.137 e. The molecule has 3 nitrogen and oxygen atoms in total. The summed E-state index contributed by atoms with van der Waals surface area (Å²) in [6.45, 7) is 2.26. The Morgan fingerprint density at radius 3 is 1.80 bits per heavy atom. The van der Waals surface area contributed by atoms with Crippen LogP contribution in [0.15, 0.2) is 205 Å². The molecule has 59 heavy (non-hydrogen) atoms. The molecule has 12 rings (SSSR count). The SMILES string of the molecule is CCc1cc(N(c2ccc(-c3ccccc3)cc2)c2cccc3oc4ccccc4c23)ccc1-c1ccc(-c2cccc3c4cccc5c6ccccc6n(c23)c54)cc1. The standard InChI is InChI=1S/C56H38N2O/c1-2-36-35-42(57(41-31-29-38(30-32-41)37-13-4-3-5-14-37)51-22-12-24-53-54(51)49-16-7-9-23-52(49)59-53)33-34-43(36)39-25-27-40(28-26-39)44-17-10-19-47-48-20-11-18-46-45-15-6-8-21-50(45)58(55(44)47)56(46)48/h3-35H,2H2,1H3. The van der Waals surface area contributed by atoms with Gasteiger partial charge in [0.2, 0.25) is 0 Å². The number of aromatic nitrogens is 1. The van der Waals surface area contributed by atoms with Gasteiger partial charge in [-0.3, -0.25) is 0 Å². The highest BCUT2D eigenvalue weighted by Gasteiger charge is 2.22. The topological polar surface area (TPSA) is 20.8 Å². The van der Waals surface area contributed by atoms with Crippen molar-refractivity contribution in [1.82, 2.24) is 4.40 Å². The van der Waals surface area contributed by atoms with E-state index in [1.807, 2.05) is 6.07 Å². The van der Waals surface area contributed by atoms with Gasteiger partial charge in [-0.15, -0.1) is 0 Å². The molecule has 12 aromatic rings. The van der Waals surface area contributed by atoms with Gasteiger partial charge in [0, 0.05) is 43.9 Å². The number of anilines is 3. The maximum atomic E-state index is 6.40. The fourth-order valence-corrected chi connectivity index (χ4v) is 9.63. The Kier molecular flexibility index (Phi) is 7.51. The summed E-state index contributed by atoms with van der Waals surface area (Å²) in [7, 11) is 0. The Morgan fingerprint density at radius 2 is 1.00 bits per heavy atom. The largest absolute Gasteiger partial charge is 0.456 e. The Balaban J connectivity index is 0.974. The predicted octanol–water partition coefficient (Wildman–Crippen LogP) is 15.8. The van der Waals surface area contributed by atoms with Crippen molar-refractivity contribution >= 4 is 77.1 Å². The monoisotopic (exact) mass is 754 g/mol. The third kappa shape index (κ3) is 5.15. The summed E-state index contributed by atoms with van der Waals surface area (Å²) in [5.74, 6) is 0. The van der Waals surface area contributed by atoms with Gasteiger partial charge in [0.15, 0.2) is 0 Å². The van der Waals surface area contributed by atoms with Crippen molar-refractivity contribution in [3.8, 4) is 33.4 Å². The second kappa shape index (κ2) is 13.2. The van der Waals surface area contributed by atoms with E-state index in [-0.39, 0.29) is 0 Å². The lowest BCUT2D eigenvalue weighted by Gasteiger charge is -2.27. The van der Waals surface area contributed by atoms with Gasteiger partial charge >= 0.3 is 0 Å². The average Bonchev–Trinajstić information content (AvgIpc) is 3.97. The maximum Gasteiger partial charge on any atom is 0.137 e. The van der Waals surface area contributed by atoms with Crippen LogP contribution in [0.3, 0.4) is 0 Å². The van der Waals surface area contributed by atoms with Gasteiger partial charge in [-0.1, -0.05) is 159 Å². The molecule has 0 N–H and O–H groups in total. The fourth-order valence-electron chi connectivity index (χ4n) is 9.63. The third-order valence-electron chi connectivity index (χ3n) is 12.3. The number of rotatable bonds is 7. The average molecular weight is 755 g/mol. The van der Waals surface area contributed by atoms with Crippen LogP contribution in [-0.2, 0) is 6.42 Å².